The molecule has 0 saturated carbocycles. The number of carbonyl (C=O) groups excluding carboxylic acids is 1. The lowest BCUT2D eigenvalue weighted by Crippen LogP contribution is -2.33. The molecular weight excluding hydrogens is 288 g/mol. The number of fused-ring (bicyclic) bond motifs is 1. The van der Waals surface area contributed by atoms with Crippen molar-refractivity contribution < 1.29 is 4.79 Å². The summed E-state index contributed by atoms with van der Waals surface area (Å²) in [6.07, 6.45) is 1.49. The fourth-order valence-electron chi connectivity index (χ4n) is 3.69. The highest BCUT2D eigenvalue weighted by Crippen LogP contribution is 2.41. The third-order valence-corrected chi connectivity index (χ3v) is 4.71. The maximum atomic E-state index is 12.8. The molecule has 1 aliphatic heterocycles. The second-order valence-electron chi connectivity index (χ2n) is 6.64. The van der Waals surface area contributed by atoms with Crippen molar-refractivity contribution >= 4 is 11.7 Å². The van der Waals surface area contributed by atoms with Crippen molar-refractivity contribution in [3.05, 3.63) is 52.5 Å². The lowest BCUT2D eigenvalue weighted by atomic mass is 9.80. The minimum atomic E-state index is -0.177. The largest absolute Gasteiger partial charge is 0.328 e. The topological polar surface area (TPSA) is 59.8 Å². The Bertz CT molecular complexity index is 833. The Morgan fingerprint density at radius 1 is 1.22 bits per heavy atom. The van der Waals surface area contributed by atoms with Crippen LogP contribution in [0.25, 0.3) is 0 Å². The van der Waals surface area contributed by atoms with E-state index in [4.69, 9.17) is 0 Å². The van der Waals surface area contributed by atoms with Crippen LogP contribution in [0.1, 0.15) is 42.8 Å². The number of aryl methyl sites for hydroxylation is 2. The zero-order valence-corrected chi connectivity index (χ0v) is 13.6. The van der Waals surface area contributed by atoms with Gasteiger partial charge in [-0.1, -0.05) is 31.2 Å². The van der Waals surface area contributed by atoms with Gasteiger partial charge in [0.2, 0.25) is 5.95 Å². The van der Waals surface area contributed by atoms with Gasteiger partial charge in [0.05, 0.1) is 0 Å². The average molecular weight is 308 g/mol. The van der Waals surface area contributed by atoms with Gasteiger partial charge in [-0.05, 0) is 37.3 Å². The summed E-state index contributed by atoms with van der Waals surface area (Å²) in [6, 6.07) is 8.03. The number of hydrogen-bond acceptors (Lipinski definition) is 4. The van der Waals surface area contributed by atoms with Crippen molar-refractivity contribution in [2.24, 2.45) is 5.92 Å². The zero-order chi connectivity index (χ0) is 16.1. The molecule has 2 unspecified atom stereocenters. The first kappa shape index (κ1) is 14.2. The number of allylic oxidation sites excluding steroid dienone is 2. The first-order chi connectivity index (χ1) is 11.0. The van der Waals surface area contributed by atoms with Crippen molar-refractivity contribution in [3.8, 4) is 0 Å². The molecule has 1 aromatic carbocycles. The Hall–Kier alpha value is -2.43. The van der Waals surface area contributed by atoms with Crippen LogP contribution in [0.4, 0.5) is 5.95 Å². The monoisotopic (exact) mass is 308 g/mol. The van der Waals surface area contributed by atoms with E-state index in [2.05, 4.69) is 41.4 Å². The van der Waals surface area contributed by atoms with E-state index in [1.165, 1.54) is 0 Å². The number of hydrogen-bond donors (Lipinski definition) is 1. The molecule has 1 aromatic heterocycles. The second kappa shape index (κ2) is 5.05. The molecular formula is C18H20N4O. The van der Waals surface area contributed by atoms with E-state index < -0.39 is 0 Å². The summed E-state index contributed by atoms with van der Waals surface area (Å²) in [6.45, 7) is 6.08. The number of rotatable bonds is 1. The SMILES string of the molecule is Cc1nc2n(n1)C(c1ccccc1C)C1=C(CC(C)CC1=O)N2. The summed E-state index contributed by atoms with van der Waals surface area (Å²) in [5.74, 6) is 2.03. The van der Waals surface area contributed by atoms with E-state index in [-0.39, 0.29) is 11.8 Å². The summed E-state index contributed by atoms with van der Waals surface area (Å²) < 4.78 is 1.87. The molecule has 0 amide bonds. The fraction of sp³-hybridized carbons (Fsp3) is 0.389. The van der Waals surface area contributed by atoms with Gasteiger partial charge in [-0.2, -0.15) is 10.1 Å². The summed E-state index contributed by atoms with van der Waals surface area (Å²) >= 11 is 0. The quantitative estimate of drug-likeness (QED) is 0.879. The minimum absolute atomic E-state index is 0.177. The first-order valence-corrected chi connectivity index (χ1v) is 8.06. The van der Waals surface area contributed by atoms with Crippen LogP contribution >= 0.6 is 0 Å². The lowest BCUT2D eigenvalue weighted by molar-refractivity contribution is -0.117. The molecule has 1 aliphatic carbocycles. The highest BCUT2D eigenvalue weighted by atomic mass is 16.1. The molecule has 0 bridgehead atoms. The number of Topliss-reactive ketones (excluding diaryl/α,β-unsaturated/α-hetero) is 1. The van der Waals surface area contributed by atoms with Crippen molar-refractivity contribution in [1.29, 1.82) is 0 Å². The second-order valence-corrected chi connectivity index (χ2v) is 6.64. The number of anilines is 1. The zero-order valence-electron chi connectivity index (χ0n) is 13.6. The van der Waals surface area contributed by atoms with Gasteiger partial charge in [0.25, 0.3) is 0 Å². The Morgan fingerprint density at radius 2 is 2.00 bits per heavy atom. The molecule has 2 heterocycles. The Kier molecular flexibility index (Phi) is 3.11. The van der Waals surface area contributed by atoms with Crippen molar-refractivity contribution in [3.63, 3.8) is 0 Å². The molecule has 23 heavy (non-hydrogen) atoms. The number of ketones is 1. The summed E-state index contributed by atoms with van der Waals surface area (Å²) in [7, 11) is 0. The normalized spacial score (nSPS) is 23.3. The Balaban J connectivity index is 1.95. The third kappa shape index (κ3) is 2.19. The van der Waals surface area contributed by atoms with Crippen LogP contribution in [0, 0.1) is 19.8 Å². The van der Waals surface area contributed by atoms with Gasteiger partial charge < -0.3 is 5.32 Å². The predicted molar refractivity (Wildman–Crippen MR) is 88.1 cm³/mol. The first-order valence-electron chi connectivity index (χ1n) is 8.06. The standard InChI is InChI=1S/C18H20N4O/c1-10-8-14-16(15(23)9-10)17(13-7-5-4-6-11(13)2)22-18(20-14)19-12(3)21-22/h4-7,10,17H,8-9H2,1-3H3,(H,19,20,21). The summed E-state index contributed by atoms with van der Waals surface area (Å²) in [5, 5.41) is 7.90. The van der Waals surface area contributed by atoms with Crippen LogP contribution in [0.3, 0.4) is 0 Å². The van der Waals surface area contributed by atoms with Crippen LogP contribution in [-0.4, -0.2) is 20.5 Å². The number of carbonyl (C=O) groups is 1. The molecule has 2 atom stereocenters. The highest BCUT2D eigenvalue weighted by molar-refractivity contribution is 5.99. The molecule has 0 spiro atoms. The van der Waals surface area contributed by atoms with E-state index in [1.54, 1.807) is 0 Å². The molecule has 2 aromatic rings. The van der Waals surface area contributed by atoms with E-state index in [1.807, 2.05) is 23.7 Å². The Labute approximate surface area is 135 Å². The molecule has 1 N–H and O–H groups in total. The van der Waals surface area contributed by atoms with Gasteiger partial charge in [-0.25, -0.2) is 4.68 Å². The maximum absolute atomic E-state index is 12.8. The van der Waals surface area contributed by atoms with E-state index in [0.29, 0.717) is 18.2 Å². The van der Waals surface area contributed by atoms with Gasteiger partial charge in [0.1, 0.15) is 11.9 Å². The van der Waals surface area contributed by atoms with Crippen LogP contribution in [0.5, 0.6) is 0 Å². The van der Waals surface area contributed by atoms with Crippen LogP contribution in [0.15, 0.2) is 35.5 Å². The van der Waals surface area contributed by atoms with Crippen LogP contribution < -0.4 is 5.32 Å². The average Bonchev–Trinajstić information content (AvgIpc) is 2.85. The van der Waals surface area contributed by atoms with Crippen LogP contribution in [-0.2, 0) is 4.79 Å². The molecule has 0 radical (unpaired) electrons. The van der Waals surface area contributed by atoms with E-state index in [9.17, 15) is 4.79 Å². The lowest BCUT2D eigenvalue weighted by Gasteiger charge is -2.34. The minimum Gasteiger partial charge on any atom is -0.328 e. The van der Waals surface area contributed by atoms with Gasteiger partial charge in [-0.15, -0.1) is 0 Å². The summed E-state index contributed by atoms with van der Waals surface area (Å²) in [5.41, 5.74) is 4.16. The number of aromatic nitrogens is 3. The van der Waals surface area contributed by atoms with Gasteiger partial charge in [-0.3, -0.25) is 4.79 Å². The van der Waals surface area contributed by atoms with Gasteiger partial charge in [0, 0.05) is 17.7 Å². The summed E-state index contributed by atoms with van der Waals surface area (Å²) in [4.78, 5) is 17.3. The molecule has 4 rings (SSSR count). The molecule has 0 saturated heterocycles. The van der Waals surface area contributed by atoms with E-state index in [0.717, 1.165) is 34.8 Å². The maximum Gasteiger partial charge on any atom is 0.226 e. The van der Waals surface area contributed by atoms with E-state index >= 15 is 0 Å². The number of benzene rings is 1. The smallest absolute Gasteiger partial charge is 0.226 e. The fourth-order valence-corrected chi connectivity index (χ4v) is 3.69. The predicted octanol–water partition coefficient (Wildman–Crippen LogP) is 3.16. The van der Waals surface area contributed by atoms with Crippen LogP contribution in [0.2, 0.25) is 0 Å². The van der Waals surface area contributed by atoms with Gasteiger partial charge >= 0.3 is 0 Å². The number of nitrogens with one attached hydrogen (secondary N) is 1. The molecule has 2 aliphatic rings. The number of nitrogens with zero attached hydrogens (tertiary/aromatic N) is 3. The Morgan fingerprint density at radius 3 is 2.78 bits per heavy atom. The van der Waals surface area contributed by atoms with Crippen molar-refractivity contribution in [2.45, 2.75) is 39.7 Å². The molecule has 0 fully saturated rings. The molecule has 5 heteroatoms. The third-order valence-electron chi connectivity index (χ3n) is 4.71. The van der Waals surface area contributed by atoms with Crippen molar-refractivity contribution in [1.82, 2.24) is 14.8 Å². The highest BCUT2D eigenvalue weighted by Gasteiger charge is 2.38. The van der Waals surface area contributed by atoms with Crippen molar-refractivity contribution in [2.75, 3.05) is 5.32 Å². The molecule has 5 nitrogen and oxygen atoms in total. The van der Waals surface area contributed by atoms with Gasteiger partial charge in [0.15, 0.2) is 5.78 Å². The molecule has 118 valence electrons.